The Bertz CT molecular complexity index is 894. The van der Waals surface area contributed by atoms with Crippen LogP contribution in [-0.4, -0.2) is 20.7 Å². The van der Waals surface area contributed by atoms with Crippen LogP contribution < -0.4 is 5.11 Å². The topological polar surface area (TPSA) is 70.8 Å². The van der Waals surface area contributed by atoms with Crippen molar-refractivity contribution in [1.29, 1.82) is 0 Å². The lowest BCUT2D eigenvalue weighted by Crippen LogP contribution is -2.22. The predicted octanol–water partition coefficient (Wildman–Crippen LogP) is 3.27. The summed E-state index contributed by atoms with van der Waals surface area (Å²) in [7, 11) is 0. The van der Waals surface area contributed by atoms with Gasteiger partial charge in [-0.05, 0) is 48.4 Å². The number of aromatic carboxylic acids is 1. The number of aromatic nitrogens is 3. The first-order valence-electron chi connectivity index (χ1n) is 7.70. The molecule has 0 amide bonds. The van der Waals surface area contributed by atoms with E-state index >= 15 is 0 Å². The molecule has 0 atom stereocenters. The third kappa shape index (κ3) is 4.03. The second-order valence-electron chi connectivity index (χ2n) is 5.33. The lowest BCUT2D eigenvalue weighted by molar-refractivity contribution is -0.255. The van der Waals surface area contributed by atoms with Crippen molar-refractivity contribution in [2.75, 3.05) is 0 Å². The normalized spacial score (nSPS) is 10.8. The van der Waals surface area contributed by atoms with Crippen LogP contribution in [0.5, 0.6) is 0 Å². The number of carboxylic acid groups (broad SMARTS) is 1. The minimum absolute atomic E-state index is 0.178. The molecule has 3 rings (SSSR count). The molecule has 2 aromatic carbocycles. The minimum Gasteiger partial charge on any atom is -0.545 e. The van der Waals surface area contributed by atoms with Crippen molar-refractivity contribution in [3.63, 3.8) is 0 Å². The molecular weight excluding hydrogens is 358 g/mol. The molecule has 1 heterocycles. The molecule has 0 spiro atoms. The van der Waals surface area contributed by atoms with Crippen LogP contribution in [-0.2, 0) is 12.3 Å². The van der Waals surface area contributed by atoms with Crippen LogP contribution >= 0.6 is 23.4 Å². The summed E-state index contributed by atoms with van der Waals surface area (Å²) >= 11 is 7.45. The maximum absolute atomic E-state index is 11.0. The van der Waals surface area contributed by atoms with Crippen LogP contribution in [0.25, 0.3) is 11.4 Å². The highest BCUT2D eigenvalue weighted by molar-refractivity contribution is 7.98. The van der Waals surface area contributed by atoms with Crippen LogP contribution in [0.2, 0.25) is 5.02 Å². The number of carbonyl (C=O) groups is 1. The lowest BCUT2D eigenvalue weighted by Gasteiger charge is -2.08. The first-order chi connectivity index (χ1) is 12.1. The van der Waals surface area contributed by atoms with E-state index in [1.807, 2.05) is 41.8 Å². The van der Waals surface area contributed by atoms with E-state index in [9.17, 15) is 9.90 Å². The van der Waals surface area contributed by atoms with Crippen LogP contribution in [0, 0.1) is 0 Å². The van der Waals surface area contributed by atoms with Gasteiger partial charge in [0, 0.05) is 22.9 Å². The number of hydrogen-bond donors (Lipinski definition) is 0. The molecule has 5 nitrogen and oxygen atoms in total. The summed E-state index contributed by atoms with van der Waals surface area (Å²) in [5, 5.41) is 21.0. The molecule has 0 aliphatic heterocycles. The Morgan fingerprint density at radius 1 is 1.20 bits per heavy atom. The Morgan fingerprint density at radius 3 is 2.64 bits per heavy atom. The smallest absolute Gasteiger partial charge is 0.191 e. The molecule has 128 valence electrons. The zero-order valence-corrected chi connectivity index (χ0v) is 15.0. The first-order valence-corrected chi connectivity index (χ1v) is 9.07. The van der Waals surface area contributed by atoms with E-state index in [-0.39, 0.29) is 5.56 Å². The standard InChI is InChI=1S/C18H16ClN3O2S/c1-2-22-16(13-6-8-15(19)9-7-13)20-21-18(22)25-11-12-4-3-5-14(10-12)17(23)24/h3-10H,2,11H2,1H3,(H,23,24)/p-1. The van der Waals surface area contributed by atoms with E-state index in [0.29, 0.717) is 10.8 Å². The molecule has 0 fully saturated rings. The third-order valence-electron chi connectivity index (χ3n) is 3.67. The number of carbonyl (C=O) groups excluding carboxylic acids is 1. The van der Waals surface area contributed by atoms with Gasteiger partial charge in [0.1, 0.15) is 0 Å². The van der Waals surface area contributed by atoms with Crippen molar-refractivity contribution < 1.29 is 9.90 Å². The van der Waals surface area contributed by atoms with Crippen molar-refractivity contribution in [2.45, 2.75) is 24.4 Å². The predicted molar refractivity (Wildman–Crippen MR) is 96.5 cm³/mol. The van der Waals surface area contributed by atoms with Gasteiger partial charge in [-0.2, -0.15) is 0 Å². The van der Waals surface area contributed by atoms with E-state index in [2.05, 4.69) is 10.2 Å². The van der Waals surface area contributed by atoms with Crippen molar-refractivity contribution in [1.82, 2.24) is 14.8 Å². The fourth-order valence-electron chi connectivity index (χ4n) is 2.43. The van der Waals surface area contributed by atoms with E-state index in [1.165, 1.54) is 17.8 Å². The molecule has 0 unspecified atom stereocenters. The fourth-order valence-corrected chi connectivity index (χ4v) is 3.50. The van der Waals surface area contributed by atoms with E-state index < -0.39 is 5.97 Å². The van der Waals surface area contributed by atoms with Gasteiger partial charge in [-0.25, -0.2) is 0 Å². The van der Waals surface area contributed by atoms with Crippen LogP contribution in [0.1, 0.15) is 22.8 Å². The van der Waals surface area contributed by atoms with Crippen LogP contribution in [0.4, 0.5) is 0 Å². The Balaban J connectivity index is 1.80. The number of rotatable bonds is 6. The van der Waals surface area contributed by atoms with Gasteiger partial charge < -0.3 is 14.5 Å². The van der Waals surface area contributed by atoms with E-state index in [0.717, 1.165) is 28.7 Å². The van der Waals surface area contributed by atoms with Crippen molar-refractivity contribution in [3.8, 4) is 11.4 Å². The molecule has 25 heavy (non-hydrogen) atoms. The number of hydrogen-bond acceptors (Lipinski definition) is 5. The zero-order valence-electron chi connectivity index (χ0n) is 13.5. The quantitative estimate of drug-likeness (QED) is 0.621. The Kier molecular flexibility index (Phi) is 5.40. The maximum atomic E-state index is 11.0. The van der Waals surface area contributed by atoms with Crippen molar-refractivity contribution >= 4 is 29.3 Å². The van der Waals surface area contributed by atoms with Gasteiger partial charge in [-0.3, -0.25) is 0 Å². The Hall–Kier alpha value is -2.31. The summed E-state index contributed by atoms with van der Waals surface area (Å²) in [6, 6.07) is 14.2. The van der Waals surface area contributed by atoms with Gasteiger partial charge in [0.05, 0.1) is 5.97 Å². The molecule has 0 saturated heterocycles. The van der Waals surface area contributed by atoms with Gasteiger partial charge in [0.15, 0.2) is 11.0 Å². The average Bonchev–Trinajstić information content (AvgIpc) is 3.03. The van der Waals surface area contributed by atoms with E-state index in [4.69, 9.17) is 11.6 Å². The number of thioether (sulfide) groups is 1. The molecule has 3 aromatic rings. The Labute approximate surface area is 154 Å². The largest absolute Gasteiger partial charge is 0.545 e. The first kappa shape index (κ1) is 17.5. The number of halogens is 1. The highest BCUT2D eigenvalue weighted by atomic mass is 35.5. The summed E-state index contributed by atoms with van der Waals surface area (Å²) in [4.78, 5) is 11.0. The summed E-state index contributed by atoms with van der Waals surface area (Å²) in [5.74, 6) is 0.207. The molecule has 7 heteroatoms. The third-order valence-corrected chi connectivity index (χ3v) is 4.96. The van der Waals surface area contributed by atoms with Crippen LogP contribution in [0.15, 0.2) is 53.7 Å². The molecule has 0 aliphatic carbocycles. The fraction of sp³-hybridized carbons (Fsp3) is 0.167. The van der Waals surface area contributed by atoms with Gasteiger partial charge >= 0.3 is 0 Å². The molecule has 0 aliphatic rings. The average molecular weight is 373 g/mol. The van der Waals surface area contributed by atoms with Crippen molar-refractivity contribution in [3.05, 3.63) is 64.7 Å². The Morgan fingerprint density at radius 2 is 1.96 bits per heavy atom. The van der Waals surface area contributed by atoms with Gasteiger partial charge in [0.25, 0.3) is 0 Å². The monoisotopic (exact) mass is 372 g/mol. The SMILES string of the molecule is CCn1c(SCc2cccc(C(=O)[O-])c2)nnc1-c1ccc(Cl)cc1. The van der Waals surface area contributed by atoms with Crippen LogP contribution in [0.3, 0.4) is 0 Å². The number of benzene rings is 2. The van der Waals surface area contributed by atoms with Gasteiger partial charge in [-0.15, -0.1) is 10.2 Å². The summed E-state index contributed by atoms with van der Waals surface area (Å²) in [5.41, 5.74) is 2.02. The maximum Gasteiger partial charge on any atom is 0.191 e. The highest BCUT2D eigenvalue weighted by Gasteiger charge is 2.13. The minimum atomic E-state index is -1.17. The van der Waals surface area contributed by atoms with Gasteiger partial charge in [-0.1, -0.05) is 41.6 Å². The van der Waals surface area contributed by atoms with Gasteiger partial charge in [0.2, 0.25) is 0 Å². The summed E-state index contributed by atoms with van der Waals surface area (Å²) in [6.45, 7) is 2.76. The number of nitrogens with zero attached hydrogens (tertiary/aromatic N) is 3. The zero-order chi connectivity index (χ0) is 17.8. The highest BCUT2D eigenvalue weighted by Crippen LogP contribution is 2.27. The molecular formula is C18H15ClN3O2S-. The second-order valence-corrected chi connectivity index (χ2v) is 6.71. The van der Waals surface area contributed by atoms with Crippen molar-refractivity contribution in [2.24, 2.45) is 0 Å². The molecule has 0 bridgehead atoms. The molecule has 0 radical (unpaired) electrons. The summed E-state index contributed by atoms with van der Waals surface area (Å²) < 4.78 is 2.02. The lowest BCUT2D eigenvalue weighted by atomic mass is 10.1. The molecule has 0 N–H and O–H groups in total. The molecule has 0 saturated carbocycles. The van der Waals surface area contributed by atoms with E-state index in [1.54, 1.807) is 12.1 Å². The number of carboxylic acids is 1. The molecule has 1 aromatic heterocycles. The second kappa shape index (κ2) is 7.72. The summed E-state index contributed by atoms with van der Waals surface area (Å²) in [6.07, 6.45) is 0.